The molecule has 2 aromatic carbocycles. The Labute approximate surface area is 315 Å². The number of nitrogens with one attached hydrogen (secondary N) is 1. The molecule has 4 rings (SSSR count). The lowest BCUT2D eigenvalue weighted by atomic mass is 9.98. The summed E-state index contributed by atoms with van der Waals surface area (Å²) >= 11 is 1.16. The summed E-state index contributed by atoms with van der Waals surface area (Å²) < 4.78 is 49.4. The molecule has 288 valence electrons. The number of benzene rings is 2. The highest BCUT2D eigenvalue weighted by Gasteiger charge is 2.51. The van der Waals surface area contributed by atoms with Crippen LogP contribution in [0.2, 0.25) is 0 Å². The smallest absolute Gasteiger partial charge is 0.253 e. The topological polar surface area (TPSA) is 157 Å². The van der Waals surface area contributed by atoms with Crippen LogP contribution in [0.3, 0.4) is 0 Å². The molecule has 1 unspecified atom stereocenters. The van der Waals surface area contributed by atoms with Gasteiger partial charge in [-0.1, -0.05) is 109 Å². The maximum atomic E-state index is 13.9. The van der Waals surface area contributed by atoms with Crippen LogP contribution in [0.5, 0.6) is 0 Å². The van der Waals surface area contributed by atoms with Crippen LogP contribution in [0.4, 0.5) is 0 Å². The number of thiazole rings is 1. The van der Waals surface area contributed by atoms with Gasteiger partial charge in [0.25, 0.3) is 5.91 Å². The number of carbonyl (C=O) groups is 2. The molecule has 0 radical (unpaired) electrons. The van der Waals surface area contributed by atoms with E-state index >= 15 is 0 Å². The number of primary sulfonamides is 1. The minimum atomic E-state index is -4.08. The Morgan fingerprint density at radius 1 is 0.865 bits per heavy atom. The summed E-state index contributed by atoms with van der Waals surface area (Å²) in [5.74, 6) is -0.630. The van der Waals surface area contributed by atoms with Gasteiger partial charge in [-0.2, -0.15) is 0 Å². The zero-order valence-corrected chi connectivity index (χ0v) is 33.6. The molecule has 2 heterocycles. The third-order valence-electron chi connectivity index (χ3n) is 10.3. The van der Waals surface area contributed by atoms with E-state index in [1.807, 2.05) is 47.4 Å². The lowest BCUT2D eigenvalue weighted by Gasteiger charge is -2.30. The number of hydrogen-bond donors (Lipinski definition) is 2. The largest absolute Gasteiger partial charge is 0.353 e. The minimum Gasteiger partial charge on any atom is -0.353 e. The van der Waals surface area contributed by atoms with E-state index < -0.39 is 36.3 Å². The Balaban J connectivity index is 1.51. The van der Waals surface area contributed by atoms with Gasteiger partial charge in [0.2, 0.25) is 20.7 Å². The Hall–Kier alpha value is -2.87. The van der Waals surface area contributed by atoms with E-state index in [1.165, 1.54) is 44.9 Å². The normalized spacial score (nSPS) is 15.5. The van der Waals surface area contributed by atoms with Gasteiger partial charge in [0.15, 0.2) is 9.84 Å². The SMILES string of the molecule is CCCCCCCCCCCCCCC(C(=O)NCCS(N)(=O)=O)(c1nc2ccc(-c3ccc(C(=O)N4CCC(C)CC4)cc3)cc2s1)S(C)(=O)=O. The number of sulfonamides is 1. The van der Waals surface area contributed by atoms with Gasteiger partial charge in [-0.05, 0) is 60.6 Å². The second-order valence-corrected chi connectivity index (χ2v) is 19.6. The highest BCUT2D eigenvalue weighted by atomic mass is 32.2. The highest BCUT2D eigenvalue weighted by molar-refractivity contribution is 7.92. The number of fused-ring (bicyclic) bond motifs is 1. The first-order chi connectivity index (χ1) is 24.7. The van der Waals surface area contributed by atoms with Crippen molar-refractivity contribution in [2.24, 2.45) is 11.1 Å². The molecule has 0 aliphatic carbocycles. The molecule has 0 saturated carbocycles. The molecule has 1 saturated heterocycles. The summed E-state index contributed by atoms with van der Waals surface area (Å²) in [5.41, 5.74) is 2.97. The van der Waals surface area contributed by atoms with Crippen molar-refractivity contribution in [3.63, 3.8) is 0 Å². The van der Waals surface area contributed by atoms with E-state index in [0.29, 0.717) is 23.4 Å². The molecule has 0 bridgehead atoms. The number of nitrogens with zero attached hydrogens (tertiary/aromatic N) is 2. The predicted molar refractivity (Wildman–Crippen MR) is 213 cm³/mol. The van der Waals surface area contributed by atoms with Crippen molar-refractivity contribution in [1.29, 1.82) is 0 Å². The fourth-order valence-corrected chi connectivity index (χ4v) is 10.3. The molecular weight excluding hydrogens is 717 g/mol. The van der Waals surface area contributed by atoms with Gasteiger partial charge in [-0.3, -0.25) is 9.59 Å². The lowest BCUT2D eigenvalue weighted by Crippen LogP contribution is -2.50. The van der Waals surface area contributed by atoms with Crippen molar-refractivity contribution in [3.8, 4) is 11.1 Å². The number of aromatic nitrogens is 1. The first kappa shape index (κ1) is 41.9. The maximum Gasteiger partial charge on any atom is 0.253 e. The number of nitrogens with two attached hydrogens (primary N) is 1. The average molecular weight is 775 g/mol. The highest BCUT2D eigenvalue weighted by Crippen LogP contribution is 2.41. The van der Waals surface area contributed by atoms with E-state index in [0.717, 1.165) is 85.0 Å². The van der Waals surface area contributed by atoms with Crippen molar-refractivity contribution in [1.82, 2.24) is 15.2 Å². The Kier molecular flexibility index (Phi) is 15.7. The molecule has 3 aromatic rings. The second-order valence-electron chi connectivity index (χ2n) is 14.6. The zero-order valence-electron chi connectivity index (χ0n) is 31.2. The Morgan fingerprint density at radius 2 is 1.42 bits per heavy atom. The summed E-state index contributed by atoms with van der Waals surface area (Å²) in [6.45, 7) is 5.67. The van der Waals surface area contributed by atoms with Crippen LogP contribution < -0.4 is 10.5 Å². The third-order valence-corrected chi connectivity index (χ3v) is 14.3. The summed E-state index contributed by atoms with van der Waals surface area (Å²) in [4.78, 5) is 33.6. The van der Waals surface area contributed by atoms with Gasteiger partial charge in [0.05, 0.1) is 16.0 Å². The van der Waals surface area contributed by atoms with E-state index in [1.54, 1.807) is 0 Å². The fraction of sp³-hybridized carbons (Fsp3) is 0.615. The standard InChI is InChI=1S/C39H58N4O6S3/c1-4-5-6-7-8-9-10-11-12-13-14-15-24-39(51(3,46)47,37(45)41-25-28-52(40,48)49)38-42-34-21-20-33(29-35(34)50-38)31-16-18-32(19-17-31)36(44)43-26-22-30(2)23-27-43/h16-21,29-30H,4-15,22-28H2,1-3H3,(H,41,45)(H2,40,48,49). The molecule has 3 N–H and O–H groups in total. The maximum absolute atomic E-state index is 13.9. The van der Waals surface area contributed by atoms with Crippen LogP contribution in [0.1, 0.15) is 126 Å². The van der Waals surface area contributed by atoms with E-state index in [4.69, 9.17) is 10.1 Å². The van der Waals surface area contributed by atoms with Gasteiger partial charge in [0, 0.05) is 31.5 Å². The van der Waals surface area contributed by atoms with Gasteiger partial charge in [-0.15, -0.1) is 11.3 Å². The van der Waals surface area contributed by atoms with Crippen LogP contribution >= 0.6 is 11.3 Å². The van der Waals surface area contributed by atoms with Crippen LogP contribution in [0.15, 0.2) is 42.5 Å². The lowest BCUT2D eigenvalue weighted by molar-refractivity contribution is -0.124. The number of unbranched alkanes of at least 4 members (excludes halogenated alkanes) is 11. The molecule has 1 atom stereocenters. The van der Waals surface area contributed by atoms with Crippen LogP contribution in [-0.4, -0.2) is 70.2 Å². The average Bonchev–Trinajstić information content (AvgIpc) is 3.53. The van der Waals surface area contributed by atoms with Crippen molar-refractivity contribution >= 4 is 53.2 Å². The van der Waals surface area contributed by atoms with Gasteiger partial charge in [-0.25, -0.2) is 27.0 Å². The predicted octanol–water partition coefficient (Wildman–Crippen LogP) is 7.57. The molecule has 52 heavy (non-hydrogen) atoms. The van der Waals surface area contributed by atoms with Crippen LogP contribution in [0.25, 0.3) is 21.3 Å². The molecule has 1 aromatic heterocycles. The molecule has 1 aliphatic rings. The quantitative estimate of drug-likeness (QED) is 0.106. The first-order valence-electron chi connectivity index (χ1n) is 19.0. The van der Waals surface area contributed by atoms with E-state index in [2.05, 4.69) is 19.2 Å². The number of piperidine rings is 1. The number of hydrogen-bond acceptors (Lipinski definition) is 8. The molecular formula is C39H58N4O6S3. The molecule has 2 amide bonds. The summed E-state index contributed by atoms with van der Waals surface area (Å²) in [5, 5.41) is 7.88. The molecule has 1 fully saturated rings. The van der Waals surface area contributed by atoms with Crippen molar-refractivity contribution in [2.75, 3.05) is 31.6 Å². The van der Waals surface area contributed by atoms with Gasteiger partial charge in [0.1, 0.15) is 5.01 Å². The monoisotopic (exact) mass is 774 g/mol. The summed E-state index contributed by atoms with van der Waals surface area (Å²) in [7, 11) is -7.95. The number of likely N-dealkylation sites (tertiary alicyclic amines) is 1. The van der Waals surface area contributed by atoms with E-state index in [-0.39, 0.29) is 23.9 Å². The van der Waals surface area contributed by atoms with Gasteiger partial charge < -0.3 is 10.2 Å². The van der Waals surface area contributed by atoms with Crippen molar-refractivity contribution < 1.29 is 26.4 Å². The van der Waals surface area contributed by atoms with Crippen LogP contribution in [0, 0.1) is 5.92 Å². The van der Waals surface area contributed by atoms with Crippen molar-refractivity contribution in [2.45, 2.75) is 115 Å². The van der Waals surface area contributed by atoms with E-state index in [9.17, 15) is 26.4 Å². The Morgan fingerprint density at radius 3 is 1.98 bits per heavy atom. The third kappa shape index (κ3) is 11.6. The number of amides is 2. The number of sulfone groups is 1. The zero-order chi connectivity index (χ0) is 37.8. The molecule has 10 nitrogen and oxygen atoms in total. The number of rotatable bonds is 21. The van der Waals surface area contributed by atoms with Crippen molar-refractivity contribution in [3.05, 3.63) is 53.0 Å². The molecule has 1 aliphatic heterocycles. The Bertz CT molecular complexity index is 1830. The van der Waals surface area contributed by atoms with Crippen LogP contribution in [-0.2, 0) is 29.4 Å². The minimum absolute atomic E-state index is 0.0303. The second kappa shape index (κ2) is 19.5. The number of carbonyl (C=O) groups excluding carboxylic acids is 2. The first-order valence-corrected chi connectivity index (χ1v) is 23.5. The fourth-order valence-electron chi connectivity index (χ4n) is 6.97. The summed E-state index contributed by atoms with van der Waals surface area (Å²) in [6, 6.07) is 13.1. The molecule has 0 spiro atoms. The summed E-state index contributed by atoms with van der Waals surface area (Å²) in [6.07, 6.45) is 16.3. The van der Waals surface area contributed by atoms with Gasteiger partial charge >= 0.3 is 0 Å². The molecule has 13 heteroatoms.